The molecule has 7 heteroatoms. The van der Waals surface area contributed by atoms with Crippen LogP contribution in [-0.4, -0.2) is 17.1 Å². The second-order valence-corrected chi connectivity index (χ2v) is 4.13. The summed E-state index contributed by atoms with van der Waals surface area (Å²) in [7, 11) is 0. The van der Waals surface area contributed by atoms with Crippen LogP contribution in [0.5, 0.6) is 5.75 Å². The van der Waals surface area contributed by atoms with Gasteiger partial charge < -0.3 is 4.74 Å². The van der Waals surface area contributed by atoms with Crippen molar-refractivity contribution in [3.63, 3.8) is 0 Å². The number of hydrogen-bond acceptors (Lipinski definition) is 4. The maximum atomic E-state index is 12.2. The van der Waals surface area contributed by atoms with Gasteiger partial charge in [-0.25, -0.2) is 0 Å². The zero-order chi connectivity index (χ0) is 13.2. The van der Waals surface area contributed by atoms with Crippen LogP contribution in [-0.2, 0) is 0 Å². The van der Waals surface area contributed by atoms with Gasteiger partial charge in [-0.3, -0.25) is 9.78 Å². The van der Waals surface area contributed by atoms with E-state index in [1.807, 2.05) is 0 Å². The lowest BCUT2D eigenvalue weighted by atomic mass is 10.1. The molecule has 0 saturated carbocycles. The molecule has 1 aromatic carbocycles. The van der Waals surface area contributed by atoms with Crippen LogP contribution in [0, 0.1) is 0 Å². The monoisotopic (exact) mass is 273 g/mol. The molecular formula is C11H6F3NO2S. The first-order valence-electron chi connectivity index (χ1n) is 4.75. The van der Waals surface area contributed by atoms with Crippen LogP contribution in [0.3, 0.4) is 0 Å². The molecule has 0 unspecified atom stereocenters. The number of ether oxygens (including phenoxy) is 1. The summed E-state index contributed by atoms with van der Waals surface area (Å²) >= 11 is 1.06. The number of carbonyl (C=O) groups excluding carboxylic acids is 1. The van der Waals surface area contributed by atoms with Crippen LogP contribution in [0.4, 0.5) is 13.2 Å². The van der Waals surface area contributed by atoms with Crippen molar-refractivity contribution in [2.24, 2.45) is 0 Å². The maximum Gasteiger partial charge on any atom is 0.573 e. The van der Waals surface area contributed by atoms with Crippen LogP contribution in [0.1, 0.15) is 15.2 Å². The van der Waals surface area contributed by atoms with Crippen molar-refractivity contribution >= 4 is 17.1 Å². The SMILES string of the molecule is O=C(c1cncs1)c1ccccc1OC(F)(F)F. The Labute approximate surface area is 104 Å². The van der Waals surface area contributed by atoms with Crippen LogP contribution in [0.15, 0.2) is 36.0 Å². The highest BCUT2D eigenvalue weighted by molar-refractivity contribution is 7.11. The van der Waals surface area contributed by atoms with Crippen LogP contribution in [0.25, 0.3) is 0 Å². The van der Waals surface area contributed by atoms with Gasteiger partial charge in [0, 0.05) is 6.20 Å². The number of para-hydroxylation sites is 1. The summed E-state index contributed by atoms with van der Waals surface area (Å²) in [5, 5.41) is 0. The topological polar surface area (TPSA) is 39.2 Å². The standard InChI is InChI=1S/C11H6F3NO2S/c12-11(13,14)17-8-4-2-1-3-7(8)10(16)9-5-15-6-18-9/h1-6H. The fraction of sp³-hybridized carbons (Fsp3) is 0.0909. The second kappa shape index (κ2) is 4.77. The largest absolute Gasteiger partial charge is 0.573 e. The predicted octanol–water partition coefficient (Wildman–Crippen LogP) is 3.27. The van der Waals surface area contributed by atoms with E-state index in [-0.39, 0.29) is 10.4 Å². The predicted molar refractivity (Wildman–Crippen MR) is 58.7 cm³/mol. The number of thiazole rings is 1. The molecule has 18 heavy (non-hydrogen) atoms. The van der Waals surface area contributed by atoms with E-state index in [9.17, 15) is 18.0 Å². The average Bonchev–Trinajstić information content (AvgIpc) is 2.80. The number of halogens is 3. The van der Waals surface area contributed by atoms with E-state index < -0.39 is 17.9 Å². The molecule has 0 amide bonds. The van der Waals surface area contributed by atoms with E-state index in [1.165, 1.54) is 29.9 Å². The third-order valence-corrected chi connectivity index (χ3v) is 2.79. The van der Waals surface area contributed by atoms with E-state index >= 15 is 0 Å². The number of hydrogen-bond donors (Lipinski definition) is 0. The molecule has 94 valence electrons. The number of rotatable bonds is 3. The summed E-state index contributed by atoms with van der Waals surface area (Å²) in [5.74, 6) is -1.05. The third kappa shape index (κ3) is 2.86. The fourth-order valence-electron chi connectivity index (χ4n) is 1.33. The van der Waals surface area contributed by atoms with Gasteiger partial charge in [0.05, 0.1) is 16.0 Å². The number of carbonyl (C=O) groups is 1. The summed E-state index contributed by atoms with van der Waals surface area (Å²) < 4.78 is 40.4. The molecule has 3 nitrogen and oxygen atoms in total. The minimum Gasteiger partial charge on any atom is -0.405 e. The normalized spacial score (nSPS) is 11.3. The highest BCUT2D eigenvalue weighted by atomic mass is 32.1. The lowest BCUT2D eigenvalue weighted by Crippen LogP contribution is -2.19. The third-order valence-electron chi connectivity index (χ3n) is 2.01. The summed E-state index contributed by atoms with van der Waals surface area (Å²) in [5.41, 5.74) is 1.29. The summed E-state index contributed by atoms with van der Waals surface area (Å²) in [4.78, 5) is 15.9. The van der Waals surface area contributed by atoms with Gasteiger partial charge in [-0.2, -0.15) is 0 Å². The van der Waals surface area contributed by atoms with E-state index in [1.54, 1.807) is 0 Å². The summed E-state index contributed by atoms with van der Waals surface area (Å²) in [6.07, 6.45) is -3.53. The van der Waals surface area contributed by atoms with Gasteiger partial charge in [0.2, 0.25) is 5.78 Å². The van der Waals surface area contributed by atoms with E-state index in [0.717, 1.165) is 17.4 Å². The minimum atomic E-state index is -4.83. The second-order valence-electron chi connectivity index (χ2n) is 3.24. The highest BCUT2D eigenvalue weighted by Gasteiger charge is 2.33. The number of benzene rings is 1. The van der Waals surface area contributed by atoms with Gasteiger partial charge in [-0.05, 0) is 12.1 Å². The van der Waals surface area contributed by atoms with Crippen molar-refractivity contribution in [2.45, 2.75) is 6.36 Å². The van der Waals surface area contributed by atoms with Gasteiger partial charge in [0.25, 0.3) is 0 Å². The first-order valence-corrected chi connectivity index (χ1v) is 5.63. The zero-order valence-corrected chi connectivity index (χ0v) is 9.59. The molecule has 0 bridgehead atoms. The van der Waals surface area contributed by atoms with Crippen molar-refractivity contribution < 1.29 is 22.7 Å². The Morgan fingerprint density at radius 2 is 2.00 bits per heavy atom. The number of aromatic nitrogens is 1. The Bertz CT molecular complexity index is 552. The molecule has 0 saturated heterocycles. The molecule has 0 N–H and O–H groups in total. The maximum absolute atomic E-state index is 12.2. The minimum absolute atomic E-state index is 0.140. The van der Waals surface area contributed by atoms with Crippen molar-refractivity contribution in [2.75, 3.05) is 0 Å². The first kappa shape index (κ1) is 12.6. The Balaban J connectivity index is 2.36. The Kier molecular flexibility index (Phi) is 3.33. The summed E-state index contributed by atoms with van der Waals surface area (Å²) in [6, 6.07) is 5.22. The Morgan fingerprint density at radius 1 is 1.28 bits per heavy atom. The molecule has 0 atom stereocenters. The van der Waals surface area contributed by atoms with Gasteiger partial charge >= 0.3 is 6.36 Å². The molecular weight excluding hydrogens is 267 g/mol. The number of ketones is 1. The number of nitrogens with zero attached hydrogens (tertiary/aromatic N) is 1. The zero-order valence-electron chi connectivity index (χ0n) is 8.77. The fourth-order valence-corrected chi connectivity index (χ4v) is 1.90. The van der Waals surface area contributed by atoms with Crippen molar-refractivity contribution in [1.29, 1.82) is 0 Å². The van der Waals surface area contributed by atoms with E-state index in [2.05, 4.69) is 9.72 Å². The van der Waals surface area contributed by atoms with E-state index in [4.69, 9.17) is 0 Å². The van der Waals surface area contributed by atoms with Crippen LogP contribution < -0.4 is 4.74 Å². The lowest BCUT2D eigenvalue weighted by molar-refractivity contribution is -0.274. The molecule has 0 radical (unpaired) electrons. The highest BCUT2D eigenvalue weighted by Crippen LogP contribution is 2.28. The molecule has 0 fully saturated rings. The van der Waals surface area contributed by atoms with Gasteiger partial charge in [-0.1, -0.05) is 12.1 Å². The molecule has 1 heterocycles. The van der Waals surface area contributed by atoms with Crippen molar-refractivity contribution in [1.82, 2.24) is 4.98 Å². The molecule has 1 aromatic heterocycles. The quantitative estimate of drug-likeness (QED) is 0.806. The van der Waals surface area contributed by atoms with Gasteiger partial charge in [0.15, 0.2) is 0 Å². The van der Waals surface area contributed by atoms with Crippen molar-refractivity contribution in [3.8, 4) is 5.75 Å². The molecule has 0 spiro atoms. The summed E-state index contributed by atoms with van der Waals surface area (Å²) in [6.45, 7) is 0. The lowest BCUT2D eigenvalue weighted by Gasteiger charge is -2.11. The number of alkyl halides is 3. The van der Waals surface area contributed by atoms with Crippen molar-refractivity contribution in [3.05, 3.63) is 46.4 Å². The first-order chi connectivity index (χ1) is 8.47. The van der Waals surface area contributed by atoms with Crippen LogP contribution in [0.2, 0.25) is 0 Å². The Morgan fingerprint density at radius 3 is 2.61 bits per heavy atom. The Hall–Kier alpha value is -1.89. The molecule has 2 aromatic rings. The van der Waals surface area contributed by atoms with Gasteiger partial charge in [0.1, 0.15) is 5.75 Å². The smallest absolute Gasteiger partial charge is 0.405 e. The molecule has 0 aliphatic rings. The molecule has 0 aliphatic heterocycles. The molecule has 2 rings (SSSR count). The molecule has 0 aliphatic carbocycles. The van der Waals surface area contributed by atoms with E-state index in [0.29, 0.717) is 0 Å². The van der Waals surface area contributed by atoms with Crippen LogP contribution >= 0.6 is 11.3 Å². The van der Waals surface area contributed by atoms with Gasteiger partial charge in [-0.15, -0.1) is 24.5 Å². The average molecular weight is 273 g/mol.